The van der Waals surface area contributed by atoms with Crippen LogP contribution in [0.5, 0.6) is 0 Å². The predicted molar refractivity (Wildman–Crippen MR) is 102 cm³/mol. The number of para-hydroxylation sites is 2. The molecule has 2 aromatic carbocycles. The fourth-order valence-corrected chi connectivity index (χ4v) is 3.14. The minimum Gasteiger partial charge on any atom is -0.439 e. The molecule has 1 amide bonds. The number of nitrogens with zero attached hydrogens (tertiary/aromatic N) is 1. The number of carbonyl (C=O) groups is 1. The molecule has 0 unspecified atom stereocenters. The average molecular weight is 366 g/mol. The van der Waals surface area contributed by atoms with Crippen LogP contribution < -0.4 is 10.6 Å². The Morgan fingerprint density at radius 1 is 1.30 bits per heavy atom. The van der Waals surface area contributed by atoms with Gasteiger partial charge in [0.2, 0.25) is 11.8 Å². The molecule has 0 spiro atoms. The molecule has 0 aliphatic heterocycles. The van der Waals surface area contributed by atoms with Crippen LogP contribution in [0.25, 0.3) is 22.0 Å². The Kier molecular flexibility index (Phi) is 4.50. The summed E-state index contributed by atoms with van der Waals surface area (Å²) in [7, 11) is 0. The van der Waals surface area contributed by atoms with E-state index in [0.717, 1.165) is 27.6 Å². The number of aromatic nitrogens is 2. The summed E-state index contributed by atoms with van der Waals surface area (Å²) in [6.07, 6.45) is 2.46. The molecule has 7 heteroatoms. The summed E-state index contributed by atoms with van der Waals surface area (Å²) in [4.78, 5) is 18.6. The van der Waals surface area contributed by atoms with Gasteiger partial charge in [-0.15, -0.1) is 0 Å². The summed E-state index contributed by atoms with van der Waals surface area (Å²) in [5.74, 6) is 0.121. The molecule has 0 radical (unpaired) electrons. The number of carbonyl (C=O) groups excluding carboxylic acids is 1. The van der Waals surface area contributed by atoms with Crippen molar-refractivity contribution in [2.75, 3.05) is 11.9 Å². The fraction of sp³-hybridized carbons (Fsp3) is 0.200. The van der Waals surface area contributed by atoms with Crippen LogP contribution >= 0.6 is 0 Å². The molecule has 0 saturated carbocycles. The van der Waals surface area contributed by atoms with E-state index in [0.29, 0.717) is 31.1 Å². The number of anilines is 1. The Morgan fingerprint density at radius 3 is 2.96 bits per heavy atom. The molecular formula is C20H19FN4O2. The van der Waals surface area contributed by atoms with Crippen molar-refractivity contribution in [3.63, 3.8) is 0 Å². The van der Waals surface area contributed by atoms with E-state index in [1.54, 1.807) is 0 Å². The number of halogens is 1. The molecule has 2 heterocycles. The van der Waals surface area contributed by atoms with E-state index in [9.17, 15) is 9.18 Å². The predicted octanol–water partition coefficient (Wildman–Crippen LogP) is 3.74. The van der Waals surface area contributed by atoms with E-state index in [1.165, 1.54) is 19.1 Å². The molecule has 27 heavy (non-hydrogen) atoms. The molecule has 0 atom stereocenters. The van der Waals surface area contributed by atoms with Gasteiger partial charge in [-0.05, 0) is 36.2 Å². The summed E-state index contributed by atoms with van der Waals surface area (Å²) >= 11 is 0. The van der Waals surface area contributed by atoms with Gasteiger partial charge < -0.3 is 20.0 Å². The molecule has 4 aromatic rings. The van der Waals surface area contributed by atoms with Crippen LogP contribution in [0, 0.1) is 5.82 Å². The van der Waals surface area contributed by atoms with Crippen LogP contribution in [0.4, 0.5) is 10.1 Å². The van der Waals surface area contributed by atoms with Crippen molar-refractivity contribution in [2.24, 2.45) is 0 Å². The number of aromatic amines is 1. The fourth-order valence-electron chi connectivity index (χ4n) is 3.14. The molecule has 138 valence electrons. The highest BCUT2D eigenvalue weighted by Gasteiger charge is 2.12. The number of fused-ring (bicyclic) bond motifs is 2. The minimum atomic E-state index is -0.331. The van der Waals surface area contributed by atoms with Gasteiger partial charge in [0.1, 0.15) is 11.3 Å². The van der Waals surface area contributed by atoms with Crippen molar-refractivity contribution in [3.8, 4) is 0 Å². The Bertz CT molecular complexity index is 1080. The quantitative estimate of drug-likeness (QED) is 0.485. The molecule has 2 aromatic heterocycles. The lowest BCUT2D eigenvalue weighted by Gasteiger charge is -2.07. The monoisotopic (exact) mass is 366 g/mol. The molecule has 3 N–H and O–H groups in total. The highest BCUT2D eigenvalue weighted by Crippen LogP contribution is 2.28. The Morgan fingerprint density at radius 2 is 2.15 bits per heavy atom. The summed E-state index contributed by atoms with van der Waals surface area (Å²) in [5.41, 5.74) is 3.91. The van der Waals surface area contributed by atoms with Gasteiger partial charge in [0.05, 0.1) is 17.7 Å². The summed E-state index contributed by atoms with van der Waals surface area (Å²) in [6, 6.07) is 10.5. The number of oxazole rings is 1. The molecule has 0 aliphatic rings. The van der Waals surface area contributed by atoms with Crippen molar-refractivity contribution in [1.29, 1.82) is 0 Å². The molecule has 0 fully saturated rings. The number of hydrogen-bond acceptors (Lipinski definition) is 4. The summed E-state index contributed by atoms with van der Waals surface area (Å²) < 4.78 is 19.8. The Hall–Kier alpha value is -3.35. The smallest absolute Gasteiger partial charge is 0.216 e. The second-order valence-electron chi connectivity index (χ2n) is 6.35. The zero-order valence-electron chi connectivity index (χ0n) is 14.8. The lowest BCUT2D eigenvalue weighted by Crippen LogP contribution is -2.22. The number of rotatable bonds is 6. The first kappa shape index (κ1) is 17.1. The van der Waals surface area contributed by atoms with Crippen LogP contribution in [0.2, 0.25) is 0 Å². The third-order valence-electron chi connectivity index (χ3n) is 4.38. The van der Waals surface area contributed by atoms with Crippen molar-refractivity contribution in [2.45, 2.75) is 19.9 Å². The highest BCUT2D eigenvalue weighted by atomic mass is 19.1. The maximum atomic E-state index is 14.1. The Labute approximate surface area is 154 Å². The number of benzene rings is 2. The topological polar surface area (TPSA) is 83.0 Å². The molecule has 6 nitrogen and oxygen atoms in total. The number of amides is 1. The lowest BCUT2D eigenvalue weighted by atomic mass is 10.1. The van der Waals surface area contributed by atoms with Gasteiger partial charge in [-0.1, -0.05) is 12.1 Å². The summed E-state index contributed by atoms with van der Waals surface area (Å²) in [6.45, 7) is 2.32. The molecular weight excluding hydrogens is 347 g/mol. The second-order valence-corrected chi connectivity index (χ2v) is 6.35. The van der Waals surface area contributed by atoms with Crippen LogP contribution in [-0.4, -0.2) is 22.4 Å². The van der Waals surface area contributed by atoms with Gasteiger partial charge in [-0.3, -0.25) is 4.79 Å². The van der Waals surface area contributed by atoms with Gasteiger partial charge in [0, 0.05) is 25.1 Å². The SMILES string of the molecule is CC(=O)NCCc1c[nH]c2c(NCc3nc4ccccc4o3)cc(F)cc12. The first-order valence-electron chi connectivity index (χ1n) is 8.72. The molecule has 0 saturated heterocycles. The van der Waals surface area contributed by atoms with Gasteiger partial charge in [0.15, 0.2) is 5.58 Å². The average Bonchev–Trinajstić information content (AvgIpc) is 3.23. The zero-order chi connectivity index (χ0) is 18.8. The molecule has 4 rings (SSSR count). The van der Waals surface area contributed by atoms with E-state index in [1.807, 2.05) is 30.5 Å². The largest absolute Gasteiger partial charge is 0.439 e. The zero-order valence-corrected chi connectivity index (χ0v) is 14.8. The van der Waals surface area contributed by atoms with Crippen LogP contribution in [0.3, 0.4) is 0 Å². The van der Waals surface area contributed by atoms with E-state index in [-0.39, 0.29) is 11.7 Å². The maximum Gasteiger partial charge on any atom is 0.216 e. The highest BCUT2D eigenvalue weighted by molar-refractivity contribution is 5.93. The van der Waals surface area contributed by atoms with Crippen LogP contribution in [0.15, 0.2) is 47.0 Å². The van der Waals surface area contributed by atoms with E-state index in [4.69, 9.17) is 4.42 Å². The second kappa shape index (κ2) is 7.11. The van der Waals surface area contributed by atoms with Crippen molar-refractivity contribution in [1.82, 2.24) is 15.3 Å². The van der Waals surface area contributed by atoms with Gasteiger partial charge >= 0.3 is 0 Å². The lowest BCUT2D eigenvalue weighted by molar-refractivity contribution is -0.118. The van der Waals surface area contributed by atoms with Crippen molar-refractivity contribution >= 4 is 33.6 Å². The number of hydrogen-bond donors (Lipinski definition) is 3. The third kappa shape index (κ3) is 3.62. The van der Waals surface area contributed by atoms with Crippen molar-refractivity contribution in [3.05, 3.63) is 59.9 Å². The van der Waals surface area contributed by atoms with Crippen molar-refractivity contribution < 1.29 is 13.6 Å². The first-order valence-corrected chi connectivity index (χ1v) is 8.72. The standard InChI is InChI=1S/C20H19FN4O2/c1-12(26)22-7-6-13-10-24-20-15(13)8-14(21)9-17(20)23-11-19-25-16-4-2-3-5-18(16)27-19/h2-5,8-10,23-24H,6-7,11H2,1H3,(H,22,26). The van der Waals surface area contributed by atoms with Gasteiger partial charge in [-0.2, -0.15) is 0 Å². The van der Waals surface area contributed by atoms with Gasteiger partial charge in [-0.25, -0.2) is 9.37 Å². The maximum absolute atomic E-state index is 14.1. The number of H-pyrrole nitrogens is 1. The van der Waals surface area contributed by atoms with E-state index < -0.39 is 0 Å². The minimum absolute atomic E-state index is 0.0817. The summed E-state index contributed by atoms with van der Waals surface area (Å²) in [5, 5.41) is 6.74. The third-order valence-corrected chi connectivity index (χ3v) is 4.38. The number of nitrogens with one attached hydrogen (secondary N) is 3. The van der Waals surface area contributed by atoms with Crippen LogP contribution in [0.1, 0.15) is 18.4 Å². The van der Waals surface area contributed by atoms with E-state index >= 15 is 0 Å². The van der Waals surface area contributed by atoms with Gasteiger partial charge in [0.25, 0.3) is 0 Å². The molecule has 0 aliphatic carbocycles. The van der Waals surface area contributed by atoms with Crippen LogP contribution in [-0.2, 0) is 17.8 Å². The first-order chi connectivity index (χ1) is 13.1. The normalized spacial score (nSPS) is 11.2. The van der Waals surface area contributed by atoms with E-state index in [2.05, 4.69) is 20.6 Å². The Balaban J connectivity index is 1.55. The molecule has 0 bridgehead atoms.